The average Bonchev–Trinajstić information content (AvgIpc) is 3.09. The minimum atomic E-state index is -3.45. The molecule has 0 aromatic carbocycles. The van der Waals surface area contributed by atoms with E-state index in [1.165, 1.54) is 10.5 Å². The van der Waals surface area contributed by atoms with Crippen LogP contribution in [0.3, 0.4) is 0 Å². The van der Waals surface area contributed by atoms with Crippen LogP contribution in [0.4, 0.5) is 0 Å². The smallest absolute Gasteiger partial charge is 0.245 e. The number of nitrogens with zero attached hydrogens (tertiary/aromatic N) is 2. The van der Waals surface area contributed by atoms with E-state index in [2.05, 4.69) is 27.5 Å². The van der Waals surface area contributed by atoms with Gasteiger partial charge in [0.05, 0.1) is 0 Å². The molecule has 1 aromatic heterocycles. The zero-order chi connectivity index (χ0) is 12.5. The van der Waals surface area contributed by atoms with E-state index >= 15 is 0 Å². The normalized spacial score (nSPS) is 16.1. The Kier molecular flexibility index (Phi) is 3.65. The second-order valence-electron chi connectivity index (χ2n) is 3.93. The third-order valence-corrected chi connectivity index (χ3v) is 4.87. The van der Waals surface area contributed by atoms with Crippen molar-refractivity contribution in [3.63, 3.8) is 0 Å². The van der Waals surface area contributed by atoms with Gasteiger partial charge in [0.1, 0.15) is 4.90 Å². The summed E-state index contributed by atoms with van der Waals surface area (Å²) in [6.45, 7) is 3.95. The zero-order valence-corrected chi connectivity index (χ0v) is 11.6. The van der Waals surface area contributed by atoms with Gasteiger partial charge in [0, 0.05) is 29.5 Å². The fourth-order valence-corrected chi connectivity index (χ4v) is 3.76. The summed E-state index contributed by atoms with van der Waals surface area (Å²) in [6, 6.07) is 1.69. The lowest BCUT2D eigenvalue weighted by Gasteiger charge is -2.19. The molecule has 1 aliphatic carbocycles. The van der Waals surface area contributed by atoms with Gasteiger partial charge in [0.25, 0.3) is 0 Å². The third kappa shape index (κ3) is 2.75. The van der Waals surface area contributed by atoms with Crippen molar-refractivity contribution in [2.75, 3.05) is 6.54 Å². The van der Waals surface area contributed by atoms with Crippen molar-refractivity contribution >= 4 is 26.0 Å². The molecular formula is C11H13BrN2O2S. The number of halogens is 1. The number of hydrogen-bond donors (Lipinski definition) is 0. The molecule has 0 amide bonds. The molecule has 0 radical (unpaired) electrons. The van der Waals surface area contributed by atoms with Gasteiger partial charge in [0.15, 0.2) is 0 Å². The number of aromatic nitrogens is 1. The van der Waals surface area contributed by atoms with Gasteiger partial charge in [-0.2, -0.15) is 4.31 Å². The van der Waals surface area contributed by atoms with E-state index < -0.39 is 10.0 Å². The van der Waals surface area contributed by atoms with Crippen molar-refractivity contribution in [2.45, 2.75) is 23.8 Å². The highest BCUT2D eigenvalue weighted by molar-refractivity contribution is 9.10. The lowest BCUT2D eigenvalue weighted by atomic mass is 10.5. The number of pyridine rings is 1. The first-order valence-electron chi connectivity index (χ1n) is 5.29. The molecule has 92 valence electrons. The van der Waals surface area contributed by atoms with Gasteiger partial charge >= 0.3 is 0 Å². The van der Waals surface area contributed by atoms with E-state index in [1.807, 2.05) is 0 Å². The SMILES string of the molecule is C=CCN(C1CC1)S(=O)(=O)c1cncc(Br)c1. The maximum atomic E-state index is 12.4. The second kappa shape index (κ2) is 4.88. The molecule has 0 spiro atoms. The van der Waals surface area contributed by atoms with Gasteiger partial charge in [0.2, 0.25) is 10.0 Å². The van der Waals surface area contributed by atoms with Crippen LogP contribution < -0.4 is 0 Å². The van der Waals surface area contributed by atoms with E-state index in [4.69, 9.17) is 0 Å². The Bertz CT molecular complexity index is 526. The quantitative estimate of drug-likeness (QED) is 0.782. The monoisotopic (exact) mass is 316 g/mol. The molecule has 0 bridgehead atoms. The van der Waals surface area contributed by atoms with Crippen LogP contribution in [0.5, 0.6) is 0 Å². The van der Waals surface area contributed by atoms with Gasteiger partial charge in [-0.15, -0.1) is 6.58 Å². The van der Waals surface area contributed by atoms with Gasteiger partial charge in [-0.3, -0.25) is 4.98 Å². The Morgan fingerprint density at radius 1 is 1.53 bits per heavy atom. The highest BCUT2D eigenvalue weighted by Crippen LogP contribution is 2.32. The Labute approximate surface area is 110 Å². The molecule has 2 rings (SSSR count). The van der Waals surface area contributed by atoms with Gasteiger partial charge in [-0.05, 0) is 34.8 Å². The lowest BCUT2D eigenvalue weighted by molar-refractivity contribution is 0.435. The number of hydrogen-bond acceptors (Lipinski definition) is 3. The molecule has 1 aliphatic rings. The van der Waals surface area contributed by atoms with Gasteiger partial charge in [-0.1, -0.05) is 6.08 Å². The lowest BCUT2D eigenvalue weighted by Crippen LogP contribution is -2.33. The van der Waals surface area contributed by atoms with Crippen LogP contribution in [0.1, 0.15) is 12.8 Å². The molecule has 1 fully saturated rings. The topological polar surface area (TPSA) is 50.3 Å². The fourth-order valence-electron chi connectivity index (χ4n) is 1.60. The first-order chi connectivity index (χ1) is 8.05. The molecule has 4 nitrogen and oxygen atoms in total. The van der Waals surface area contributed by atoms with Crippen LogP contribution in [0.2, 0.25) is 0 Å². The third-order valence-electron chi connectivity index (χ3n) is 2.55. The predicted octanol–water partition coefficient (Wildman–Crippen LogP) is 2.18. The highest BCUT2D eigenvalue weighted by Gasteiger charge is 2.37. The van der Waals surface area contributed by atoms with Crippen molar-refractivity contribution in [2.24, 2.45) is 0 Å². The van der Waals surface area contributed by atoms with Crippen LogP contribution in [0.15, 0.2) is 40.5 Å². The highest BCUT2D eigenvalue weighted by atomic mass is 79.9. The van der Waals surface area contributed by atoms with Crippen molar-refractivity contribution in [3.8, 4) is 0 Å². The van der Waals surface area contributed by atoms with Crippen LogP contribution in [-0.2, 0) is 10.0 Å². The second-order valence-corrected chi connectivity index (χ2v) is 6.74. The van der Waals surface area contributed by atoms with Crippen LogP contribution in [0.25, 0.3) is 0 Å². The van der Waals surface area contributed by atoms with E-state index in [-0.39, 0.29) is 10.9 Å². The molecule has 17 heavy (non-hydrogen) atoms. The van der Waals surface area contributed by atoms with Crippen molar-refractivity contribution < 1.29 is 8.42 Å². The van der Waals surface area contributed by atoms with Gasteiger partial charge < -0.3 is 0 Å². The molecule has 0 aliphatic heterocycles. The molecule has 0 atom stereocenters. The molecular weight excluding hydrogens is 304 g/mol. The van der Waals surface area contributed by atoms with Crippen LogP contribution in [-0.4, -0.2) is 30.3 Å². The summed E-state index contributed by atoms with van der Waals surface area (Å²) in [6.07, 6.45) is 6.40. The van der Waals surface area contributed by atoms with Crippen molar-refractivity contribution in [3.05, 3.63) is 35.6 Å². The minimum absolute atomic E-state index is 0.122. The summed E-state index contributed by atoms with van der Waals surface area (Å²) in [5.41, 5.74) is 0. The predicted molar refractivity (Wildman–Crippen MR) is 69.0 cm³/mol. The largest absolute Gasteiger partial charge is 0.262 e. The first kappa shape index (κ1) is 12.7. The Balaban J connectivity index is 2.36. The van der Waals surface area contributed by atoms with E-state index in [9.17, 15) is 8.42 Å². The average molecular weight is 317 g/mol. The van der Waals surface area contributed by atoms with Crippen LogP contribution in [0, 0.1) is 0 Å². The maximum absolute atomic E-state index is 12.4. The van der Waals surface area contributed by atoms with E-state index in [0.717, 1.165) is 12.8 Å². The van der Waals surface area contributed by atoms with Crippen molar-refractivity contribution in [1.29, 1.82) is 0 Å². The Hall–Kier alpha value is -0.720. The van der Waals surface area contributed by atoms with E-state index in [1.54, 1.807) is 18.3 Å². The zero-order valence-electron chi connectivity index (χ0n) is 9.21. The first-order valence-corrected chi connectivity index (χ1v) is 7.52. The van der Waals surface area contributed by atoms with Crippen molar-refractivity contribution in [1.82, 2.24) is 9.29 Å². The van der Waals surface area contributed by atoms with Crippen LogP contribution >= 0.6 is 15.9 Å². The molecule has 0 saturated heterocycles. The fraction of sp³-hybridized carbons (Fsp3) is 0.364. The Morgan fingerprint density at radius 3 is 2.76 bits per heavy atom. The molecule has 0 N–H and O–H groups in total. The summed E-state index contributed by atoms with van der Waals surface area (Å²) in [4.78, 5) is 4.12. The molecule has 1 heterocycles. The number of rotatable bonds is 5. The summed E-state index contributed by atoms with van der Waals surface area (Å²) in [7, 11) is -3.45. The molecule has 1 aromatic rings. The van der Waals surface area contributed by atoms with Gasteiger partial charge in [-0.25, -0.2) is 8.42 Å². The molecule has 6 heteroatoms. The van der Waals surface area contributed by atoms with E-state index in [0.29, 0.717) is 11.0 Å². The summed E-state index contributed by atoms with van der Waals surface area (Å²) < 4.78 is 26.9. The molecule has 1 saturated carbocycles. The molecule has 0 unspecified atom stereocenters. The standard InChI is InChI=1S/C11H13BrN2O2S/c1-2-5-14(10-3-4-10)17(15,16)11-6-9(12)7-13-8-11/h2,6-8,10H,1,3-5H2. The summed E-state index contributed by atoms with van der Waals surface area (Å²) in [5, 5.41) is 0. The summed E-state index contributed by atoms with van der Waals surface area (Å²) in [5.74, 6) is 0. The number of sulfonamides is 1. The summed E-state index contributed by atoms with van der Waals surface area (Å²) >= 11 is 3.23. The Morgan fingerprint density at radius 2 is 2.24 bits per heavy atom. The minimum Gasteiger partial charge on any atom is -0.262 e. The maximum Gasteiger partial charge on any atom is 0.245 e.